The van der Waals surface area contributed by atoms with Crippen molar-refractivity contribution in [3.05, 3.63) is 36.5 Å². The fourth-order valence-electron chi connectivity index (χ4n) is 1.98. The molecule has 2 heteroatoms. The van der Waals surface area contributed by atoms with E-state index >= 15 is 0 Å². The van der Waals surface area contributed by atoms with Gasteiger partial charge in [0.1, 0.15) is 0 Å². The molecule has 0 amide bonds. The molecule has 0 aromatic carbocycles. The summed E-state index contributed by atoms with van der Waals surface area (Å²) in [5, 5.41) is 0. The van der Waals surface area contributed by atoms with Crippen LogP contribution in [0, 0.1) is 0 Å². The highest BCUT2D eigenvalue weighted by Gasteiger charge is 1.98. The molecule has 0 aliphatic rings. The van der Waals surface area contributed by atoms with E-state index in [1.165, 1.54) is 32.8 Å². The molecule has 0 radical (unpaired) electrons. The summed E-state index contributed by atoms with van der Waals surface area (Å²) in [6.45, 7) is 2.15. The van der Waals surface area contributed by atoms with E-state index in [1.807, 2.05) is 0 Å². The molecular weight excluding hydrogens is 260 g/mol. The molecule has 0 bridgehead atoms. The number of ether oxygens (including phenoxy) is 1. The van der Waals surface area contributed by atoms with E-state index in [0.717, 1.165) is 32.1 Å². The largest absolute Gasteiger partial charge is 0.469 e. The molecule has 0 aliphatic carbocycles. The topological polar surface area (TPSA) is 26.3 Å². The molecule has 0 saturated carbocycles. The normalized spacial score (nSPS) is 11.9. The molecule has 0 aromatic heterocycles. The number of allylic oxidation sites excluding steroid dienone is 6. The summed E-state index contributed by atoms with van der Waals surface area (Å²) in [5.41, 5.74) is 0. The fraction of sp³-hybridized carbons (Fsp3) is 0.632. The standard InChI is InChI=1S/C19H32O2/c1-3-4-5-6-7-8-9-10-11-12-13-14-15-16-17-18-19(20)21-2/h4-7,10-11H,3,8-9,12-18H2,1-2H3/b5-4-,7-6+,11-10-. The van der Waals surface area contributed by atoms with Crippen LogP contribution in [0.25, 0.3) is 0 Å². The van der Waals surface area contributed by atoms with Crippen LogP contribution in [0.5, 0.6) is 0 Å². The molecule has 0 spiro atoms. The molecule has 21 heavy (non-hydrogen) atoms. The van der Waals surface area contributed by atoms with Gasteiger partial charge in [0.15, 0.2) is 0 Å². The van der Waals surface area contributed by atoms with E-state index < -0.39 is 0 Å². The highest BCUT2D eigenvalue weighted by atomic mass is 16.5. The number of carbonyl (C=O) groups excluding carboxylic acids is 1. The van der Waals surface area contributed by atoms with Gasteiger partial charge in [-0.2, -0.15) is 0 Å². The zero-order chi connectivity index (χ0) is 15.6. The van der Waals surface area contributed by atoms with Gasteiger partial charge in [-0.05, 0) is 38.5 Å². The zero-order valence-electron chi connectivity index (χ0n) is 13.9. The van der Waals surface area contributed by atoms with Crippen molar-refractivity contribution in [1.29, 1.82) is 0 Å². The monoisotopic (exact) mass is 292 g/mol. The summed E-state index contributed by atoms with van der Waals surface area (Å²) in [6, 6.07) is 0. The Morgan fingerprint density at radius 2 is 1.43 bits per heavy atom. The molecule has 0 heterocycles. The predicted molar refractivity (Wildman–Crippen MR) is 91.3 cm³/mol. The Balaban J connectivity index is 3.24. The summed E-state index contributed by atoms with van der Waals surface area (Å²) in [4.78, 5) is 10.9. The number of rotatable bonds is 13. The average molecular weight is 292 g/mol. The molecule has 0 N–H and O–H groups in total. The van der Waals surface area contributed by atoms with Crippen LogP contribution in [0.15, 0.2) is 36.5 Å². The minimum Gasteiger partial charge on any atom is -0.469 e. The highest BCUT2D eigenvalue weighted by molar-refractivity contribution is 5.68. The van der Waals surface area contributed by atoms with Crippen molar-refractivity contribution in [3.8, 4) is 0 Å². The van der Waals surface area contributed by atoms with Crippen LogP contribution in [-0.4, -0.2) is 13.1 Å². The molecule has 0 rings (SSSR count). The number of unbranched alkanes of at least 4 members (excludes halogenated alkanes) is 6. The van der Waals surface area contributed by atoms with Crippen molar-refractivity contribution in [1.82, 2.24) is 0 Å². The van der Waals surface area contributed by atoms with Gasteiger partial charge >= 0.3 is 5.97 Å². The highest BCUT2D eigenvalue weighted by Crippen LogP contribution is 2.08. The van der Waals surface area contributed by atoms with Crippen molar-refractivity contribution < 1.29 is 9.53 Å². The number of hydrogen-bond donors (Lipinski definition) is 0. The van der Waals surface area contributed by atoms with Gasteiger partial charge in [0.05, 0.1) is 7.11 Å². The third-order valence-electron chi connectivity index (χ3n) is 3.27. The van der Waals surface area contributed by atoms with Gasteiger partial charge in [-0.15, -0.1) is 0 Å². The van der Waals surface area contributed by atoms with Gasteiger partial charge in [-0.3, -0.25) is 4.79 Å². The summed E-state index contributed by atoms with van der Waals surface area (Å²) in [6.07, 6.45) is 24.1. The average Bonchev–Trinajstić information content (AvgIpc) is 2.50. The molecular formula is C19H32O2. The summed E-state index contributed by atoms with van der Waals surface area (Å²) < 4.78 is 4.61. The Morgan fingerprint density at radius 3 is 2.19 bits per heavy atom. The molecule has 0 aliphatic heterocycles. The lowest BCUT2D eigenvalue weighted by Gasteiger charge is -2.00. The maximum atomic E-state index is 10.9. The van der Waals surface area contributed by atoms with E-state index in [0.29, 0.717) is 6.42 Å². The van der Waals surface area contributed by atoms with Crippen molar-refractivity contribution >= 4 is 5.97 Å². The SMILES string of the molecule is CC/C=C\C=C\CC/C=C\CCCCCCCC(=O)OC. The Bertz CT molecular complexity index is 314. The molecule has 120 valence electrons. The van der Waals surface area contributed by atoms with Crippen LogP contribution in [0.4, 0.5) is 0 Å². The Morgan fingerprint density at radius 1 is 0.810 bits per heavy atom. The van der Waals surface area contributed by atoms with Crippen LogP contribution >= 0.6 is 0 Å². The summed E-state index contributed by atoms with van der Waals surface area (Å²) in [5.74, 6) is -0.0860. The third kappa shape index (κ3) is 16.6. The second-order valence-corrected chi connectivity index (χ2v) is 5.20. The van der Waals surface area contributed by atoms with Crippen molar-refractivity contribution in [2.24, 2.45) is 0 Å². The first-order valence-corrected chi connectivity index (χ1v) is 8.34. The summed E-state index contributed by atoms with van der Waals surface area (Å²) >= 11 is 0. The van der Waals surface area contributed by atoms with Gasteiger partial charge in [0, 0.05) is 6.42 Å². The van der Waals surface area contributed by atoms with Crippen molar-refractivity contribution in [2.75, 3.05) is 7.11 Å². The zero-order valence-corrected chi connectivity index (χ0v) is 13.9. The second-order valence-electron chi connectivity index (χ2n) is 5.20. The maximum Gasteiger partial charge on any atom is 0.305 e. The Labute approximate surface area is 131 Å². The predicted octanol–water partition coefficient (Wildman–Crippen LogP) is 5.75. The number of carbonyl (C=O) groups is 1. The van der Waals surface area contributed by atoms with E-state index in [4.69, 9.17) is 0 Å². The van der Waals surface area contributed by atoms with Crippen LogP contribution < -0.4 is 0 Å². The van der Waals surface area contributed by atoms with Crippen LogP contribution in [0.3, 0.4) is 0 Å². The lowest BCUT2D eigenvalue weighted by Crippen LogP contribution is -1.98. The van der Waals surface area contributed by atoms with Crippen molar-refractivity contribution in [2.45, 2.75) is 71.1 Å². The van der Waals surface area contributed by atoms with Crippen LogP contribution in [0.1, 0.15) is 71.1 Å². The quantitative estimate of drug-likeness (QED) is 0.187. The van der Waals surface area contributed by atoms with Gasteiger partial charge in [0.2, 0.25) is 0 Å². The van der Waals surface area contributed by atoms with Gasteiger partial charge < -0.3 is 4.74 Å². The van der Waals surface area contributed by atoms with E-state index in [-0.39, 0.29) is 5.97 Å². The molecule has 0 saturated heterocycles. The fourth-order valence-corrected chi connectivity index (χ4v) is 1.98. The lowest BCUT2D eigenvalue weighted by atomic mass is 10.1. The second kappa shape index (κ2) is 16.7. The Kier molecular flexibility index (Phi) is 15.7. The first-order valence-electron chi connectivity index (χ1n) is 8.34. The van der Waals surface area contributed by atoms with E-state index in [2.05, 4.69) is 48.1 Å². The number of hydrogen-bond acceptors (Lipinski definition) is 2. The number of esters is 1. The maximum absolute atomic E-state index is 10.9. The molecule has 0 fully saturated rings. The Hall–Kier alpha value is -1.31. The summed E-state index contributed by atoms with van der Waals surface area (Å²) in [7, 11) is 1.45. The van der Waals surface area contributed by atoms with Gasteiger partial charge in [0.25, 0.3) is 0 Å². The molecule has 0 unspecified atom stereocenters. The molecule has 0 aromatic rings. The molecule has 0 atom stereocenters. The minimum atomic E-state index is -0.0860. The lowest BCUT2D eigenvalue weighted by molar-refractivity contribution is -0.140. The first-order chi connectivity index (χ1) is 10.3. The number of methoxy groups -OCH3 is 1. The first kappa shape index (κ1) is 19.7. The van der Waals surface area contributed by atoms with Gasteiger partial charge in [-0.1, -0.05) is 62.6 Å². The molecule has 2 nitrogen and oxygen atoms in total. The third-order valence-corrected chi connectivity index (χ3v) is 3.27. The van der Waals surface area contributed by atoms with E-state index in [9.17, 15) is 4.79 Å². The van der Waals surface area contributed by atoms with Crippen LogP contribution in [-0.2, 0) is 9.53 Å². The smallest absolute Gasteiger partial charge is 0.305 e. The van der Waals surface area contributed by atoms with Crippen molar-refractivity contribution in [3.63, 3.8) is 0 Å². The van der Waals surface area contributed by atoms with Gasteiger partial charge in [-0.25, -0.2) is 0 Å². The van der Waals surface area contributed by atoms with E-state index in [1.54, 1.807) is 0 Å². The minimum absolute atomic E-state index is 0.0860. The van der Waals surface area contributed by atoms with Crippen LogP contribution in [0.2, 0.25) is 0 Å².